The number of H-pyrrole nitrogens is 2. The van der Waals surface area contributed by atoms with Crippen LogP contribution in [0.25, 0.3) is 11.3 Å². The molecule has 0 fully saturated rings. The first-order valence-corrected chi connectivity index (χ1v) is 8.05. The zero-order valence-electron chi connectivity index (χ0n) is 12.4. The zero-order valence-corrected chi connectivity index (χ0v) is 14.1. The molecule has 2 heterocycles. The molecule has 9 heteroatoms. The van der Waals surface area contributed by atoms with Gasteiger partial charge in [0.15, 0.2) is 4.77 Å². The molecule has 0 amide bonds. The van der Waals surface area contributed by atoms with E-state index in [2.05, 4.69) is 19.9 Å². The maximum atomic E-state index is 11.7. The summed E-state index contributed by atoms with van der Waals surface area (Å²) in [5.41, 5.74) is 1.16. The molecule has 3 rings (SSSR count). The van der Waals surface area contributed by atoms with Crippen molar-refractivity contribution in [2.45, 2.75) is 0 Å². The molecule has 122 valence electrons. The van der Waals surface area contributed by atoms with Crippen LogP contribution in [0.3, 0.4) is 0 Å². The summed E-state index contributed by atoms with van der Waals surface area (Å²) in [6, 6.07) is 7.49. The number of aromatic hydroxyl groups is 1. The number of hydrogen-bond donors (Lipinski definition) is 3. The van der Waals surface area contributed by atoms with Gasteiger partial charge in [-0.2, -0.15) is 0 Å². The lowest BCUT2D eigenvalue weighted by Crippen LogP contribution is -2.13. The van der Waals surface area contributed by atoms with Gasteiger partial charge in [0.25, 0.3) is 5.56 Å². The summed E-state index contributed by atoms with van der Waals surface area (Å²) in [5, 5.41) is 12.0. The number of aromatic amines is 2. The average molecular weight is 360 g/mol. The van der Waals surface area contributed by atoms with Crippen LogP contribution in [0.15, 0.2) is 39.4 Å². The van der Waals surface area contributed by atoms with Crippen molar-refractivity contribution >= 4 is 34.9 Å². The highest BCUT2D eigenvalue weighted by Crippen LogP contribution is 2.27. The van der Waals surface area contributed by atoms with Gasteiger partial charge in [-0.3, -0.25) is 9.78 Å². The van der Waals surface area contributed by atoms with Crippen molar-refractivity contribution in [1.29, 1.82) is 0 Å². The van der Waals surface area contributed by atoms with E-state index in [0.29, 0.717) is 5.13 Å². The SMILES string of the molecule is COc1ccc(-c2csc(/N=C/c3c(O)[nH]c(=S)[nH]c3=O)n2)cc1. The third kappa shape index (κ3) is 3.42. The molecule has 0 unspecified atom stereocenters. The van der Waals surface area contributed by atoms with Crippen LogP contribution in [0.1, 0.15) is 5.56 Å². The summed E-state index contributed by atoms with van der Waals surface area (Å²) < 4.78 is 5.17. The van der Waals surface area contributed by atoms with Crippen LogP contribution in [-0.2, 0) is 0 Å². The highest BCUT2D eigenvalue weighted by atomic mass is 32.1. The molecule has 3 N–H and O–H groups in total. The molecule has 0 spiro atoms. The number of thiazole rings is 1. The van der Waals surface area contributed by atoms with Gasteiger partial charge in [-0.25, -0.2) is 9.98 Å². The van der Waals surface area contributed by atoms with Gasteiger partial charge in [0.1, 0.15) is 11.3 Å². The van der Waals surface area contributed by atoms with Gasteiger partial charge in [-0.1, -0.05) is 0 Å². The number of aliphatic imine (C=N–C) groups is 1. The molecule has 2 aromatic heterocycles. The third-order valence-electron chi connectivity index (χ3n) is 3.14. The van der Waals surface area contributed by atoms with Crippen molar-refractivity contribution in [2.24, 2.45) is 4.99 Å². The molecule has 0 aliphatic rings. The second kappa shape index (κ2) is 6.77. The standard InChI is InChI=1S/C15H12N4O3S2/c1-22-9-4-2-8(3-5-9)11-7-24-15(17-11)16-6-10-12(20)18-14(23)19-13(10)21/h2-7H,1H3,(H3,18,19,20,21,23)/b16-6+. The minimum atomic E-state index is -0.521. The lowest BCUT2D eigenvalue weighted by Gasteiger charge is -2.00. The van der Waals surface area contributed by atoms with Crippen LogP contribution in [0.5, 0.6) is 11.6 Å². The first kappa shape index (κ1) is 16.1. The molecule has 0 atom stereocenters. The molecule has 0 aliphatic heterocycles. The Bertz CT molecular complexity index is 1000. The highest BCUT2D eigenvalue weighted by molar-refractivity contribution is 7.71. The van der Waals surface area contributed by atoms with E-state index in [1.165, 1.54) is 17.6 Å². The highest BCUT2D eigenvalue weighted by Gasteiger charge is 2.07. The Kier molecular flexibility index (Phi) is 4.54. The molecule has 24 heavy (non-hydrogen) atoms. The smallest absolute Gasteiger partial charge is 0.264 e. The summed E-state index contributed by atoms with van der Waals surface area (Å²) in [4.78, 5) is 25.1. The van der Waals surface area contributed by atoms with Gasteiger partial charge >= 0.3 is 0 Å². The average Bonchev–Trinajstić information content (AvgIpc) is 3.03. The maximum Gasteiger partial charge on any atom is 0.264 e. The summed E-state index contributed by atoms with van der Waals surface area (Å²) in [7, 11) is 1.61. The van der Waals surface area contributed by atoms with Crippen LogP contribution in [0.2, 0.25) is 0 Å². The molecule has 0 radical (unpaired) electrons. The van der Waals surface area contributed by atoms with Crippen LogP contribution >= 0.6 is 23.6 Å². The fourth-order valence-corrected chi connectivity index (χ4v) is 2.80. The fraction of sp³-hybridized carbons (Fsp3) is 0.0667. The molecule has 0 saturated carbocycles. The van der Waals surface area contributed by atoms with Crippen molar-refractivity contribution in [3.05, 3.63) is 50.3 Å². The van der Waals surface area contributed by atoms with Gasteiger partial charge in [-0.05, 0) is 36.5 Å². The Morgan fingerprint density at radius 1 is 1.33 bits per heavy atom. The lowest BCUT2D eigenvalue weighted by atomic mass is 10.2. The monoisotopic (exact) mass is 360 g/mol. The lowest BCUT2D eigenvalue weighted by molar-refractivity contribution is 0.415. The van der Waals surface area contributed by atoms with E-state index in [0.717, 1.165) is 17.0 Å². The summed E-state index contributed by atoms with van der Waals surface area (Å²) in [6.07, 6.45) is 1.25. The minimum absolute atomic E-state index is 0.00945. The molecule has 0 saturated heterocycles. The van der Waals surface area contributed by atoms with E-state index in [9.17, 15) is 9.90 Å². The number of hydrogen-bond acceptors (Lipinski definition) is 7. The number of ether oxygens (including phenoxy) is 1. The number of methoxy groups -OCH3 is 1. The largest absolute Gasteiger partial charge is 0.497 e. The first-order valence-electron chi connectivity index (χ1n) is 6.76. The van der Waals surface area contributed by atoms with E-state index >= 15 is 0 Å². The van der Waals surface area contributed by atoms with E-state index in [1.54, 1.807) is 7.11 Å². The first-order chi connectivity index (χ1) is 11.6. The molecular formula is C15H12N4O3S2. The summed E-state index contributed by atoms with van der Waals surface area (Å²) >= 11 is 6.09. The van der Waals surface area contributed by atoms with E-state index in [-0.39, 0.29) is 16.2 Å². The van der Waals surface area contributed by atoms with Crippen molar-refractivity contribution in [3.63, 3.8) is 0 Å². The number of aromatic nitrogens is 3. The van der Waals surface area contributed by atoms with Crippen LogP contribution < -0.4 is 10.3 Å². The summed E-state index contributed by atoms with van der Waals surface area (Å²) in [5.74, 6) is 0.433. The fourth-order valence-electron chi connectivity index (χ4n) is 1.94. The van der Waals surface area contributed by atoms with Gasteiger partial charge in [0.2, 0.25) is 11.0 Å². The quantitative estimate of drug-likeness (QED) is 0.490. The molecule has 7 nitrogen and oxygen atoms in total. The van der Waals surface area contributed by atoms with Crippen molar-refractivity contribution < 1.29 is 9.84 Å². The van der Waals surface area contributed by atoms with Crippen molar-refractivity contribution in [2.75, 3.05) is 7.11 Å². The number of rotatable bonds is 4. The Hall–Kier alpha value is -2.78. The minimum Gasteiger partial charge on any atom is -0.497 e. The second-order valence-corrected chi connectivity index (χ2v) is 5.92. The van der Waals surface area contributed by atoms with E-state index in [1.807, 2.05) is 29.6 Å². The molecule has 1 aromatic carbocycles. The number of nitrogens with one attached hydrogen (secondary N) is 2. The predicted molar refractivity (Wildman–Crippen MR) is 95.3 cm³/mol. The Morgan fingerprint density at radius 2 is 2.08 bits per heavy atom. The predicted octanol–water partition coefficient (Wildman–Crippen LogP) is 3.02. The van der Waals surface area contributed by atoms with Gasteiger partial charge in [0, 0.05) is 17.2 Å². The maximum absolute atomic E-state index is 11.7. The van der Waals surface area contributed by atoms with Crippen molar-refractivity contribution in [1.82, 2.24) is 15.0 Å². The summed E-state index contributed by atoms with van der Waals surface area (Å²) in [6.45, 7) is 0. The van der Waals surface area contributed by atoms with Gasteiger partial charge in [-0.15, -0.1) is 11.3 Å². The molecule has 0 bridgehead atoms. The number of benzene rings is 1. The van der Waals surface area contributed by atoms with E-state index < -0.39 is 5.56 Å². The second-order valence-electron chi connectivity index (χ2n) is 4.67. The Morgan fingerprint density at radius 3 is 2.75 bits per heavy atom. The van der Waals surface area contributed by atoms with Gasteiger partial charge < -0.3 is 14.8 Å². The normalized spacial score (nSPS) is 11.0. The van der Waals surface area contributed by atoms with E-state index in [4.69, 9.17) is 17.0 Å². The topological polar surface area (TPSA) is 103 Å². The molecule has 0 aliphatic carbocycles. The van der Waals surface area contributed by atoms with Crippen LogP contribution in [0.4, 0.5) is 5.13 Å². The third-order valence-corrected chi connectivity index (χ3v) is 4.09. The van der Waals surface area contributed by atoms with Crippen LogP contribution in [0, 0.1) is 4.77 Å². The van der Waals surface area contributed by atoms with Gasteiger partial charge in [0.05, 0.1) is 12.8 Å². The Balaban J connectivity index is 1.86. The zero-order chi connectivity index (χ0) is 17.1. The van der Waals surface area contributed by atoms with Crippen LogP contribution in [-0.4, -0.2) is 33.4 Å². The number of nitrogens with zero attached hydrogens (tertiary/aromatic N) is 2. The Labute approximate surface area is 145 Å². The van der Waals surface area contributed by atoms with Crippen molar-refractivity contribution in [3.8, 4) is 22.9 Å². The molecule has 3 aromatic rings. The molecular weight excluding hydrogens is 348 g/mol.